The van der Waals surface area contributed by atoms with Crippen molar-refractivity contribution in [2.45, 2.75) is 0 Å². The quantitative estimate of drug-likeness (QED) is 0.173. The second kappa shape index (κ2) is 13.6. The molecular weight excluding hydrogens is 799 g/mol. The number of fused-ring (bicyclic) bond motifs is 12. The number of hydrogen-bond acceptors (Lipinski definition) is 3. The van der Waals surface area contributed by atoms with Crippen LogP contribution in [0.4, 0.5) is 0 Å². The van der Waals surface area contributed by atoms with Gasteiger partial charge < -0.3 is 4.57 Å². The highest BCUT2D eigenvalue weighted by molar-refractivity contribution is 7.25. The Morgan fingerprint density at radius 2 is 0.859 bits per heavy atom. The molecule has 0 atom stereocenters. The lowest BCUT2D eigenvalue weighted by Gasteiger charge is -2.19. The van der Waals surface area contributed by atoms with E-state index in [9.17, 15) is 5.48 Å². The van der Waals surface area contributed by atoms with E-state index in [2.05, 4.69) is 83.4 Å². The minimum atomic E-state index is -0.389. The lowest BCUT2D eigenvalue weighted by Crippen LogP contribution is -2.08. The average Bonchev–Trinajstić information content (AvgIpc) is 4.17. The fourth-order valence-corrected chi connectivity index (χ4v) is 10.9. The molecule has 5 heterocycles. The molecule has 5 aromatic heterocycles. The van der Waals surface area contributed by atoms with Crippen molar-refractivity contribution in [1.82, 2.24) is 23.7 Å². The molecule has 0 aliphatic rings. The molecule has 0 aliphatic heterocycles. The van der Waals surface area contributed by atoms with Crippen molar-refractivity contribution in [1.29, 1.82) is 0 Å². The summed E-state index contributed by atoms with van der Waals surface area (Å²) in [5, 5.41) is 6.26. The van der Waals surface area contributed by atoms with Crippen molar-refractivity contribution in [2.75, 3.05) is 0 Å². The Labute approximate surface area is 382 Å². The van der Waals surface area contributed by atoms with Gasteiger partial charge >= 0.3 is 0 Å². The van der Waals surface area contributed by atoms with E-state index in [0.29, 0.717) is 38.1 Å². The smallest absolute Gasteiger partial charge is 0.166 e. The second-order valence-electron chi connectivity index (χ2n) is 15.9. The molecule has 9 aromatic carbocycles. The summed E-state index contributed by atoms with van der Waals surface area (Å²) in [6.07, 6.45) is 0. The normalized spacial score (nSPS) is 13.8. The molecular formula is C58H35N5S. The van der Waals surface area contributed by atoms with Gasteiger partial charge in [0.2, 0.25) is 0 Å². The molecule has 0 saturated heterocycles. The van der Waals surface area contributed by atoms with Crippen LogP contribution < -0.4 is 0 Å². The van der Waals surface area contributed by atoms with Crippen LogP contribution in [-0.4, -0.2) is 23.7 Å². The van der Waals surface area contributed by atoms with E-state index in [4.69, 9.17) is 15.5 Å². The van der Waals surface area contributed by atoms with Crippen LogP contribution in [0.1, 0.15) is 11.0 Å². The van der Waals surface area contributed by atoms with Gasteiger partial charge in [0.25, 0.3) is 0 Å². The number of thiophene rings is 1. The Bertz CT molecular complexity index is 4490. The van der Waals surface area contributed by atoms with Crippen molar-refractivity contribution < 1.29 is 11.0 Å². The Balaban J connectivity index is 1.19. The molecule has 64 heavy (non-hydrogen) atoms. The molecule has 0 unspecified atom stereocenters. The van der Waals surface area contributed by atoms with Gasteiger partial charge in [-0.1, -0.05) is 145 Å². The summed E-state index contributed by atoms with van der Waals surface area (Å²) in [7, 11) is 0. The van der Waals surface area contributed by atoms with Crippen LogP contribution in [0.3, 0.4) is 0 Å². The lowest BCUT2D eigenvalue weighted by atomic mass is 9.95. The fourth-order valence-electron chi connectivity index (χ4n) is 9.85. The molecule has 0 fully saturated rings. The zero-order chi connectivity index (χ0) is 48.8. The van der Waals surface area contributed by atoms with Crippen LogP contribution >= 0.6 is 11.3 Å². The summed E-state index contributed by atoms with van der Waals surface area (Å²) in [6.45, 7) is 0. The van der Waals surface area contributed by atoms with E-state index >= 15 is 0 Å². The predicted molar refractivity (Wildman–Crippen MR) is 269 cm³/mol. The van der Waals surface area contributed by atoms with Gasteiger partial charge in [-0.15, -0.1) is 11.3 Å². The third-order valence-corrected chi connectivity index (χ3v) is 13.7. The third-order valence-electron chi connectivity index (χ3n) is 12.5. The SMILES string of the molecule is [2H]c1c([2H])c([2H])c2c(c1[2H])c1ccccc1n2-c1cc(-n2c3ccccc3c3c([2H])c([2H])c([2H])c([2H])c32)nc(-c2c(-c3ccc4sc5ccccc5c4c3)cccc2-n2c3ccccc3c3ccccc32)n1. The van der Waals surface area contributed by atoms with Crippen molar-refractivity contribution >= 4 is 96.9 Å². The third kappa shape index (κ3) is 5.05. The number of rotatable bonds is 5. The Kier molecular flexibility index (Phi) is 6.01. The van der Waals surface area contributed by atoms with E-state index < -0.39 is 0 Å². The highest BCUT2D eigenvalue weighted by Gasteiger charge is 2.25. The van der Waals surface area contributed by atoms with Crippen LogP contribution in [0.25, 0.3) is 125 Å². The van der Waals surface area contributed by atoms with Gasteiger partial charge in [-0.25, -0.2) is 9.97 Å². The first-order chi connectivity index (χ1) is 35.1. The first-order valence-corrected chi connectivity index (χ1v) is 21.8. The monoisotopic (exact) mass is 841 g/mol. The molecule has 0 radical (unpaired) electrons. The summed E-state index contributed by atoms with van der Waals surface area (Å²) in [6, 6.07) is 52.0. The highest BCUT2D eigenvalue weighted by Crippen LogP contribution is 2.44. The first-order valence-electron chi connectivity index (χ1n) is 25.0. The van der Waals surface area contributed by atoms with Gasteiger partial charge in [0.05, 0.1) is 55.3 Å². The van der Waals surface area contributed by atoms with Gasteiger partial charge in [-0.3, -0.25) is 9.13 Å². The number of nitrogens with zero attached hydrogens (tertiary/aromatic N) is 5. The predicted octanol–water partition coefficient (Wildman–Crippen LogP) is 15.5. The van der Waals surface area contributed by atoms with E-state index in [1.165, 1.54) is 4.70 Å². The highest BCUT2D eigenvalue weighted by atomic mass is 32.1. The molecule has 6 heteroatoms. The molecule has 5 nitrogen and oxygen atoms in total. The second-order valence-corrected chi connectivity index (χ2v) is 17.0. The summed E-state index contributed by atoms with van der Waals surface area (Å²) < 4.78 is 80.9. The van der Waals surface area contributed by atoms with Gasteiger partial charge in [0.1, 0.15) is 11.6 Å². The van der Waals surface area contributed by atoms with Gasteiger partial charge in [-0.05, 0) is 71.7 Å². The number of para-hydroxylation sites is 6. The standard InChI is InChI=1S/C58H35N5S/c1-8-24-46-38(16-1)39-17-2-9-25-47(39)61(46)52-30-15-23-37(36-32-33-54-45(34-36)44-22-7-14-31-53(44)64-54)57(52)58-59-55(62-48-26-10-3-18-40(48)41-19-4-11-27-49(41)62)35-56(60-58)63-50-28-12-5-20-42(50)43-21-6-13-29-51(43)63/h1-35H/i3D,5D,10D,12D,18D,20D,26D,28D. The van der Waals surface area contributed by atoms with Gasteiger partial charge in [-0.2, -0.15) is 0 Å². The summed E-state index contributed by atoms with van der Waals surface area (Å²) in [5.41, 5.74) is 6.73. The minimum Gasteiger partial charge on any atom is -0.308 e. The summed E-state index contributed by atoms with van der Waals surface area (Å²) in [5.74, 6) is 0.823. The number of benzene rings is 9. The summed E-state index contributed by atoms with van der Waals surface area (Å²) in [4.78, 5) is 11.1. The van der Waals surface area contributed by atoms with Crippen LogP contribution in [0.15, 0.2) is 212 Å². The van der Waals surface area contributed by atoms with Crippen molar-refractivity contribution in [3.63, 3.8) is 0 Å². The van der Waals surface area contributed by atoms with E-state index in [1.54, 1.807) is 26.5 Å². The van der Waals surface area contributed by atoms with E-state index in [0.717, 1.165) is 54.1 Å². The molecule has 0 saturated carbocycles. The molecule has 14 rings (SSSR count). The number of hydrogen-bond donors (Lipinski definition) is 0. The lowest BCUT2D eigenvalue weighted by molar-refractivity contribution is 0.991. The van der Waals surface area contributed by atoms with E-state index in [-0.39, 0.29) is 76.8 Å². The maximum absolute atomic E-state index is 9.46. The Hall–Kier alpha value is -8.32. The first kappa shape index (κ1) is 28.3. The van der Waals surface area contributed by atoms with Gasteiger partial charge in [0.15, 0.2) is 5.82 Å². The van der Waals surface area contributed by atoms with Crippen LogP contribution in [-0.2, 0) is 0 Å². The maximum atomic E-state index is 9.46. The largest absolute Gasteiger partial charge is 0.308 e. The van der Waals surface area contributed by atoms with Crippen molar-refractivity contribution in [2.24, 2.45) is 0 Å². The van der Waals surface area contributed by atoms with Crippen LogP contribution in [0.2, 0.25) is 0 Å². The number of aromatic nitrogens is 5. The molecule has 0 N–H and O–H groups in total. The summed E-state index contributed by atoms with van der Waals surface area (Å²) >= 11 is 1.74. The zero-order valence-electron chi connectivity index (χ0n) is 41.7. The molecule has 0 amide bonds. The topological polar surface area (TPSA) is 40.6 Å². The molecule has 0 spiro atoms. The van der Waals surface area contributed by atoms with Crippen LogP contribution in [0, 0.1) is 0 Å². The zero-order valence-corrected chi connectivity index (χ0v) is 34.5. The Morgan fingerprint density at radius 1 is 0.375 bits per heavy atom. The molecule has 14 aromatic rings. The minimum absolute atomic E-state index is 0.177. The average molecular weight is 842 g/mol. The van der Waals surface area contributed by atoms with Crippen LogP contribution in [0.5, 0.6) is 0 Å². The Morgan fingerprint density at radius 3 is 1.45 bits per heavy atom. The van der Waals surface area contributed by atoms with Gasteiger partial charge in [0, 0.05) is 58.6 Å². The van der Waals surface area contributed by atoms with E-state index in [1.807, 2.05) is 78.9 Å². The van der Waals surface area contributed by atoms with Crippen molar-refractivity contribution in [3.8, 4) is 39.8 Å². The maximum Gasteiger partial charge on any atom is 0.166 e. The fraction of sp³-hybridized carbons (Fsp3) is 0. The molecule has 0 aliphatic carbocycles. The van der Waals surface area contributed by atoms with Crippen molar-refractivity contribution in [3.05, 3.63) is 212 Å². The molecule has 0 bridgehead atoms. The molecule has 298 valence electrons.